The van der Waals surface area contributed by atoms with Gasteiger partial charge in [-0.3, -0.25) is 4.79 Å². The highest BCUT2D eigenvalue weighted by molar-refractivity contribution is 6.02. The molecule has 2 N–H and O–H groups in total. The lowest BCUT2D eigenvalue weighted by Gasteiger charge is -2.24. The number of hydrogen-bond donors (Lipinski definition) is 1. The fourth-order valence-corrected chi connectivity index (χ4v) is 1.67. The summed E-state index contributed by atoms with van der Waals surface area (Å²) >= 11 is 0. The number of amides is 1. The summed E-state index contributed by atoms with van der Waals surface area (Å²) in [7, 11) is 0. The number of benzene rings is 1. The summed E-state index contributed by atoms with van der Waals surface area (Å²) in [5.41, 5.74) is 6.27. The summed E-state index contributed by atoms with van der Waals surface area (Å²) in [6, 6.07) is 9.68. The van der Waals surface area contributed by atoms with Crippen LogP contribution in [-0.4, -0.2) is 18.0 Å². The molecule has 0 aromatic heterocycles. The Hall–Kier alpha value is -1.35. The van der Waals surface area contributed by atoms with Crippen LogP contribution in [0.4, 0.5) is 5.69 Å². The van der Waals surface area contributed by atoms with Crippen LogP contribution < -0.4 is 10.6 Å². The maximum absolute atomic E-state index is 12.1. The summed E-state index contributed by atoms with van der Waals surface area (Å²) < 4.78 is 0. The second kappa shape index (κ2) is 3.66. The molecule has 0 radical (unpaired) electrons. The molecule has 1 aliphatic rings. The fourth-order valence-electron chi connectivity index (χ4n) is 1.67. The van der Waals surface area contributed by atoms with Gasteiger partial charge in [0.2, 0.25) is 5.91 Å². The molecule has 1 fully saturated rings. The first-order valence-corrected chi connectivity index (χ1v) is 5.33. The monoisotopic (exact) mass is 204 g/mol. The number of nitrogens with two attached hydrogens (primary N) is 1. The van der Waals surface area contributed by atoms with E-state index in [2.05, 4.69) is 0 Å². The normalized spacial score (nSPS) is 17.2. The maximum atomic E-state index is 12.1. The zero-order chi connectivity index (χ0) is 10.9. The highest BCUT2D eigenvalue weighted by atomic mass is 16.2. The minimum absolute atomic E-state index is 0.0520. The molecular weight excluding hydrogens is 188 g/mol. The number of carbonyl (C=O) groups is 1. The number of hydrogen-bond acceptors (Lipinski definition) is 2. The summed E-state index contributed by atoms with van der Waals surface area (Å²) in [4.78, 5) is 13.8. The maximum Gasteiger partial charge on any atom is 0.247 e. The topological polar surface area (TPSA) is 46.3 Å². The van der Waals surface area contributed by atoms with E-state index in [-0.39, 0.29) is 5.91 Å². The molecule has 3 nitrogen and oxygen atoms in total. The zero-order valence-electron chi connectivity index (χ0n) is 8.94. The molecule has 0 unspecified atom stereocenters. The van der Waals surface area contributed by atoms with Crippen LogP contribution in [0.3, 0.4) is 0 Å². The number of rotatable bonds is 3. The van der Waals surface area contributed by atoms with Crippen molar-refractivity contribution < 1.29 is 4.79 Å². The van der Waals surface area contributed by atoms with Crippen molar-refractivity contribution in [2.24, 2.45) is 5.73 Å². The molecular formula is C12H16N2O. The van der Waals surface area contributed by atoms with E-state index in [4.69, 9.17) is 5.73 Å². The SMILES string of the molecule is CCN(C(=O)C1(N)CC1)c1ccccc1. The Bertz CT molecular complexity index is 357. The van der Waals surface area contributed by atoms with Crippen LogP contribution in [0.15, 0.2) is 30.3 Å². The quantitative estimate of drug-likeness (QED) is 0.811. The molecule has 15 heavy (non-hydrogen) atoms. The second-order valence-electron chi connectivity index (χ2n) is 4.04. The molecule has 1 aromatic rings. The van der Waals surface area contributed by atoms with Crippen molar-refractivity contribution in [2.45, 2.75) is 25.3 Å². The van der Waals surface area contributed by atoms with Gasteiger partial charge in [0.25, 0.3) is 0 Å². The third-order valence-corrected chi connectivity index (χ3v) is 2.84. The highest BCUT2D eigenvalue weighted by Gasteiger charge is 2.48. The zero-order valence-corrected chi connectivity index (χ0v) is 8.94. The number of carbonyl (C=O) groups excluding carboxylic acids is 1. The Kier molecular flexibility index (Phi) is 2.49. The van der Waals surface area contributed by atoms with Crippen LogP contribution in [0.2, 0.25) is 0 Å². The van der Waals surface area contributed by atoms with Gasteiger partial charge in [-0.05, 0) is 31.9 Å². The Morgan fingerprint density at radius 3 is 2.47 bits per heavy atom. The van der Waals surface area contributed by atoms with Crippen molar-refractivity contribution in [1.82, 2.24) is 0 Å². The predicted octanol–water partition coefficient (Wildman–Crippen LogP) is 1.53. The fraction of sp³-hybridized carbons (Fsp3) is 0.417. The van der Waals surface area contributed by atoms with Crippen molar-refractivity contribution in [3.8, 4) is 0 Å². The minimum atomic E-state index is -0.578. The molecule has 0 bridgehead atoms. The van der Waals surface area contributed by atoms with Gasteiger partial charge in [-0.1, -0.05) is 18.2 Å². The molecule has 0 spiro atoms. The molecule has 80 valence electrons. The van der Waals surface area contributed by atoms with Crippen LogP contribution >= 0.6 is 0 Å². The van der Waals surface area contributed by atoms with Crippen molar-refractivity contribution >= 4 is 11.6 Å². The predicted molar refractivity (Wildman–Crippen MR) is 60.6 cm³/mol. The molecule has 0 aliphatic heterocycles. The van der Waals surface area contributed by atoms with Gasteiger partial charge < -0.3 is 10.6 Å². The lowest BCUT2D eigenvalue weighted by molar-refractivity contribution is -0.120. The van der Waals surface area contributed by atoms with E-state index in [9.17, 15) is 4.79 Å². The molecule has 3 heteroatoms. The average molecular weight is 204 g/mol. The Morgan fingerprint density at radius 2 is 2.00 bits per heavy atom. The van der Waals surface area contributed by atoms with E-state index in [0.29, 0.717) is 6.54 Å². The van der Waals surface area contributed by atoms with Gasteiger partial charge in [0.1, 0.15) is 0 Å². The summed E-state index contributed by atoms with van der Waals surface area (Å²) in [6.07, 6.45) is 1.63. The molecule has 0 atom stereocenters. The molecule has 1 amide bonds. The van der Waals surface area contributed by atoms with Gasteiger partial charge in [0.15, 0.2) is 0 Å². The molecule has 1 aliphatic carbocycles. The van der Waals surface area contributed by atoms with E-state index in [0.717, 1.165) is 18.5 Å². The van der Waals surface area contributed by atoms with Crippen LogP contribution in [0.25, 0.3) is 0 Å². The van der Waals surface area contributed by atoms with Crippen molar-refractivity contribution in [3.63, 3.8) is 0 Å². The standard InChI is InChI=1S/C12H16N2O/c1-2-14(10-6-4-3-5-7-10)11(15)12(13)8-9-12/h3-7H,2,8-9,13H2,1H3. The first-order valence-electron chi connectivity index (χ1n) is 5.33. The van der Waals surface area contributed by atoms with Crippen molar-refractivity contribution in [2.75, 3.05) is 11.4 Å². The van der Waals surface area contributed by atoms with Gasteiger partial charge in [0, 0.05) is 12.2 Å². The van der Waals surface area contributed by atoms with Gasteiger partial charge >= 0.3 is 0 Å². The van der Waals surface area contributed by atoms with E-state index in [1.807, 2.05) is 37.3 Å². The van der Waals surface area contributed by atoms with Gasteiger partial charge in [-0.15, -0.1) is 0 Å². The van der Waals surface area contributed by atoms with Gasteiger partial charge in [0.05, 0.1) is 5.54 Å². The number of para-hydroxylation sites is 1. The largest absolute Gasteiger partial charge is 0.317 e. The van der Waals surface area contributed by atoms with Crippen LogP contribution in [0.5, 0.6) is 0 Å². The summed E-state index contributed by atoms with van der Waals surface area (Å²) in [5.74, 6) is 0.0520. The summed E-state index contributed by atoms with van der Waals surface area (Å²) in [6.45, 7) is 2.64. The minimum Gasteiger partial charge on any atom is -0.317 e. The smallest absolute Gasteiger partial charge is 0.247 e. The first kappa shape index (κ1) is 10.2. The molecule has 0 heterocycles. The van der Waals surface area contributed by atoms with E-state index < -0.39 is 5.54 Å². The Morgan fingerprint density at radius 1 is 1.40 bits per heavy atom. The number of likely N-dealkylation sites (N-methyl/N-ethyl adjacent to an activating group) is 1. The highest BCUT2D eigenvalue weighted by Crippen LogP contribution is 2.35. The van der Waals surface area contributed by atoms with E-state index in [1.54, 1.807) is 4.90 Å². The lowest BCUT2D eigenvalue weighted by atomic mass is 10.2. The van der Waals surface area contributed by atoms with Crippen molar-refractivity contribution in [3.05, 3.63) is 30.3 Å². The average Bonchev–Trinajstić information content (AvgIpc) is 3.00. The molecule has 1 aromatic carbocycles. The van der Waals surface area contributed by atoms with E-state index in [1.165, 1.54) is 0 Å². The second-order valence-corrected chi connectivity index (χ2v) is 4.04. The Balaban J connectivity index is 2.21. The van der Waals surface area contributed by atoms with Gasteiger partial charge in [-0.2, -0.15) is 0 Å². The number of anilines is 1. The van der Waals surface area contributed by atoms with Crippen LogP contribution in [-0.2, 0) is 4.79 Å². The van der Waals surface area contributed by atoms with E-state index >= 15 is 0 Å². The molecule has 2 rings (SSSR count). The van der Waals surface area contributed by atoms with Crippen LogP contribution in [0, 0.1) is 0 Å². The summed E-state index contributed by atoms with van der Waals surface area (Å²) in [5, 5.41) is 0. The number of nitrogens with zero attached hydrogens (tertiary/aromatic N) is 1. The third kappa shape index (κ3) is 1.88. The lowest BCUT2D eigenvalue weighted by Crippen LogP contribution is -2.45. The molecule has 1 saturated carbocycles. The van der Waals surface area contributed by atoms with Crippen molar-refractivity contribution in [1.29, 1.82) is 0 Å². The first-order chi connectivity index (χ1) is 7.17. The van der Waals surface area contributed by atoms with Crippen LogP contribution in [0.1, 0.15) is 19.8 Å². The Labute approximate surface area is 89.9 Å². The third-order valence-electron chi connectivity index (χ3n) is 2.84. The molecule has 0 saturated heterocycles. The van der Waals surface area contributed by atoms with Gasteiger partial charge in [-0.25, -0.2) is 0 Å².